The van der Waals surface area contributed by atoms with Crippen molar-refractivity contribution in [3.05, 3.63) is 29.8 Å². The Labute approximate surface area is 132 Å². The number of hydrogen-bond acceptors (Lipinski definition) is 4. The molecule has 2 rings (SSSR count). The normalized spacial score (nSPS) is 19.4. The number of piperidine rings is 1. The Balaban J connectivity index is 1.80. The monoisotopic (exact) mass is 308 g/mol. The zero-order valence-corrected chi connectivity index (χ0v) is 13.4. The summed E-state index contributed by atoms with van der Waals surface area (Å²) < 4.78 is 11.6. The van der Waals surface area contributed by atoms with Gasteiger partial charge in [-0.25, -0.2) is 0 Å². The molecule has 1 saturated heterocycles. The zero-order chi connectivity index (χ0) is 15.1. The predicted octanol–water partition coefficient (Wildman–Crippen LogP) is 2.20. The van der Waals surface area contributed by atoms with E-state index < -0.39 is 0 Å². The van der Waals surface area contributed by atoms with E-state index in [1.54, 1.807) is 0 Å². The maximum absolute atomic E-state index is 5.85. The molecule has 1 aromatic rings. The molecule has 0 amide bonds. The maximum atomic E-state index is 5.85. The van der Waals surface area contributed by atoms with Gasteiger partial charge >= 0.3 is 0 Å². The SMILES string of the molecule is CCOC1CCCN(CCOc2ccccc2C(N)=S)C1. The van der Waals surface area contributed by atoms with Crippen LogP contribution in [-0.2, 0) is 4.74 Å². The molecule has 1 aliphatic heterocycles. The van der Waals surface area contributed by atoms with Crippen molar-refractivity contribution in [1.29, 1.82) is 0 Å². The van der Waals surface area contributed by atoms with Gasteiger partial charge in [0.05, 0.1) is 11.7 Å². The van der Waals surface area contributed by atoms with E-state index in [0.717, 1.165) is 44.0 Å². The lowest BCUT2D eigenvalue weighted by Crippen LogP contribution is -2.41. The molecule has 1 aromatic carbocycles. The third-order valence-electron chi connectivity index (χ3n) is 3.68. The van der Waals surface area contributed by atoms with Gasteiger partial charge in [-0.1, -0.05) is 24.4 Å². The van der Waals surface area contributed by atoms with Crippen LogP contribution in [0.1, 0.15) is 25.3 Å². The molecule has 4 nitrogen and oxygen atoms in total. The van der Waals surface area contributed by atoms with Crippen molar-refractivity contribution in [3.8, 4) is 5.75 Å². The summed E-state index contributed by atoms with van der Waals surface area (Å²) in [6, 6.07) is 7.65. The van der Waals surface area contributed by atoms with Crippen molar-refractivity contribution >= 4 is 17.2 Å². The minimum atomic E-state index is 0.368. The Bertz CT molecular complexity index is 465. The topological polar surface area (TPSA) is 47.7 Å². The summed E-state index contributed by atoms with van der Waals surface area (Å²) in [5.74, 6) is 0.767. The van der Waals surface area contributed by atoms with Gasteiger partial charge in [-0.2, -0.15) is 0 Å². The Hall–Kier alpha value is -1.17. The maximum Gasteiger partial charge on any atom is 0.129 e. The highest BCUT2D eigenvalue weighted by atomic mass is 32.1. The first-order chi connectivity index (χ1) is 10.2. The van der Waals surface area contributed by atoms with E-state index in [9.17, 15) is 0 Å². The molecule has 116 valence electrons. The fourth-order valence-corrected chi connectivity index (χ4v) is 2.84. The van der Waals surface area contributed by atoms with Crippen LogP contribution in [0.5, 0.6) is 5.75 Å². The lowest BCUT2D eigenvalue weighted by Gasteiger charge is -2.32. The van der Waals surface area contributed by atoms with E-state index in [0.29, 0.717) is 17.7 Å². The third kappa shape index (κ3) is 4.95. The van der Waals surface area contributed by atoms with Gasteiger partial charge in [0, 0.05) is 19.7 Å². The van der Waals surface area contributed by atoms with Crippen molar-refractivity contribution in [2.45, 2.75) is 25.9 Å². The van der Waals surface area contributed by atoms with Crippen molar-refractivity contribution in [3.63, 3.8) is 0 Å². The van der Waals surface area contributed by atoms with Crippen molar-refractivity contribution in [2.24, 2.45) is 5.73 Å². The average molecular weight is 308 g/mol. The van der Waals surface area contributed by atoms with E-state index in [1.165, 1.54) is 6.42 Å². The smallest absolute Gasteiger partial charge is 0.129 e. The summed E-state index contributed by atoms with van der Waals surface area (Å²) in [5.41, 5.74) is 6.51. The van der Waals surface area contributed by atoms with E-state index >= 15 is 0 Å². The fourth-order valence-electron chi connectivity index (χ4n) is 2.67. The summed E-state index contributed by atoms with van der Waals surface area (Å²) in [6.45, 7) is 6.48. The highest BCUT2D eigenvalue weighted by Crippen LogP contribution is 2.18. The van der Waals surface area contributed by atoms with Crippen molar-refractivity contribution < 1.29 is 9.47 Å². The summed E-state index contributed by atoms with van der Waals surface area (Å²) in [7, 11) is 0. The van der Waals surface area contributed by atoms with Gasteiger partial charge in [0.25, 0.3) is 0 Å². The Morgan fingerprint density at radius 3 is 3.00 bits per heavy atom. The standard InChI is InChI=1S/C16H24N2O2S/c1-2-19-13-6-5-9-18(12-13)10-11-20-15-8-4-3-7-14(15)16(17)21/h3-4,7-8,13H,2,5-6,9-12H2,1H3,(H2,17,21). The van der Waals surface area contributed by atoms with E-state index in [2.05, 4.69) is 11.8 Å². The van der Waals surface area contributed by atoms with Crippen molar-refractivity contribution in [1.82, 2.24) is 4.90 Å². The summed E-state index contributed by atoms with van der Waals surface area (Å²) in [4.78, 5) is 2.77. The van der Waals surface area contributed by atoms with Crippen LogP contribution in [0.3, 0.4) is 0 Å². The van der Waals surface area contributed by atoms with Gasteiger partial charge in [-0.3, -0.25) is 4.90 Å². The third-order valence-corrected chi connectivity index (χ3v) is 3.90. The van der Waals surface area contributed by atoms with Crippen LogP contribution in [-0.4, -0.2) is 48.8 Å². The second-order valence-corrected chi connectivity index (χ2v) is 5.67. The van der Waals surface area contributed by atoms with Crippen LogP contribution >= 0.6 is 12.2 Å². The molecule has 0 aliphatic carbocycles. The first-order valence-corrected chi connectivity index (χ1v) is 7.97. The molecule has 0 bridgehead atoms. The highest BCUT2D eigenvalue weighted by Gasteiger charge is 2.19. The highest BCUT2D eigenvalue weighted by molar-refractivity contribution is 7.80. The molecule has 0 spiro atoms. The number of likely N-dealkylation sites (tertiary alicyclic amines) is 1. The lowest BCUT2D eigenvalue weighted by atomic mass is 10.1. The molecule has 1 fully saturated rings. The second kappa shape index (κ2) is 8.32. The average Bonchev–Trinajstić information content (AvgIpc) is 2.48. The number of benzene rings is 1. The summed E-state index contributed by atoms with van der Waals surface area (Å²) in [5, 5.41) is 0. The second-order valence-electron chi connectivity index (χ2n) is 5.23. The van der Waals surface area contributed by atoms with Crippen LogP contribution in [0.15, 0.2) is 24.3 Å². The predicted molar refractivity (Wildman–Crippen MR) is 88.9 cm³/mol. The van der Waals surface area contributed by atoms with Gasteiger partial charge < -0.3 is 15.2 Å². The molecule has 0 saturated carbocycles. The molecule has 1 aliphatic rings. The quantitative estimate of drug-likeness (QED) is 0.783. The number of rotatable bonds is 7. The van der Waals surface area contributed by atoms with Gasteiger partial charge in [-0.05, 0) is 38.4 Å². The first kappa shape index (κ1) is 16.2. The molecule has 1 unspecified atom stereocenters. The van der Waals surface area contributed by atoms with Crippen LogP contribution in [0.4, 0.5) is 0 Å². The number of hydrogen-bond donors (Lipinski definition) is 1. The number of nitrogens with zero attached hydrogens (tertiary/aromatic N) is 1. The Morgan fingerprint density at radius 2 is 2.24 bits per heavy atom. The minimum Gasteiger partial charge on any atom is -0.492 e. The van der Waals surface area contributed by atoms with Crippen LogP contribution < -0.4 is 10.5 Å². The van der Waals surface area contributed by atoms with E-state index in [-0.39, 0.29) is 0 Å². The number of ether oxygens (including phenoxy) is 2. The van der Waals surface area contributed by atoms with Gasteiger partial charge in [-0.15, -0.1) is 0 Å². The van der Waals surface area contributed by atoms with Gasteiger partial charge in [0.2, 0.25) is 0 Å². The van der Waals surface area contributed by atoms with Gasteiger partial charge in [0.1, 0.15) is 17.3 Å². The molecule has 0 aromatic heterocycles. The van der Waals surface area contributed by atoms with Crippen LogP contribution in [0.2, 0.25) is 0 Å². The largest absolute Gasteiger partial charge is 0.492 e. The Kier molecular flexibility index (Phi) is 6.42. The molecule has 5 heteroatoms. The number of thiocarbonyl (C=S) groups is 1. The van der Waals surface area contributed by atoms with Crippen molar-refractivity contribution in [2.75, 3.05) is 32.8 Å². The molecule has 1 atom stereocenters. The molecule has 1 heterocycles. The van der Waals surface area contributed by atoms with Gasteiger partial charge in [0.15, 0.2) is 0 Å². The molecular weight excluding hydrogens is 284 g/mol. The molecule has 21 heavy (non-hydrogen) atoms. The first-order valence-electron chi connectivity index (χ1n) is 7.56. The van der Waals surface area contributed by atoms with E-state index in [1.807, 2.05) is 24.3 Å². The molecular formula is C16H24N2O2S. The van der Waals surface area contributed by atoms with Crippen LogP contribution in [0.25, 0.3) is 0 Å². The lowest BCUT2D eigenvalue weighted by molar-refractivity contribution is 0.00303. The summed E-state index contributed by atoms with van der Waals surface area (Å²) >= 11 is 5.04. The zero-order valence-electron chi connectivity index (χ0n) is 12.6. The van der Waals surface area contributed by atoms with E-state index in [4.69, 9.17) is 27.4 Å². The Morgan fingerprint density at radius 1 is 1.43 bits per heavy atom. The number of para-hydroxylation sites is 1. The number of nitrogens with two attached hydrogens (primary N) is 1. The molecule has 0 radical (unpaired) electrons. The van der Waals surface area contributed by atoms with Crippen LogP contribution in [0, 0.1) is 0 Å². The fraction of sp³-hybridized carbons (Fsp3) is 0.562. The molecule has 2 N–H and O–H groups in total. The minimum absolute atomic E-state index is 0.368. The summed E-state index contributed by atoms with van der Waals surface area (Å²) in [6.07, 6.45) is 2.72.